The lowest BCUT2D eigenvalue weighted by molar-refractivity contribution is 0.359. The van der Waals surface area contributed by atoms with Crippen LogP contribution in [0.5, 0.6) is 17.2 Å². The number of benzene rings is 3. The Bertz CT molecular complexity index is 778. The highest BCUT2D eigenvalue weighted by molar-refractivity contribution is 6.13. The molecule has 0 bridgehead atoms. The maximum atomic E-state index is 5.57. The predicted molar refractivity (Wildman–Crippen MR) is 81.1 cm³/mol. The molecule has 3 heteroatoms. The number of rotatable bonds is 3. The third-order valence-electron chi connectivity index (χ3n) is 3.56. The lowest BCUT2D eigenvalue weighted by atomic mass is 10.00. The number of fused-ring (bicyclic) bond motifs is 3. The highest BCUT2D eigenvalue weighted by Crippen LogP contribution is 2.41. The molecule has 0 radical (unpaired) electrons. The zero-order valence-corrected chi connectivity index (χ0v) is 11.8. The summed E-state index contributed by atoms with van der Waals surface area (Å²) in [5.41, 5.74) is 0. The van der Waals surface area contributed by atoms with Gasteiger partial charge in [0.2, 0.25) is 0 Å². The molecule has 0 aromatic heterocycles. The highest BCUT2D eigenvalue weighted by Gasteiger charge is 2.13. The van der Waals surface area contributed by atoms with Gasteiger partial charge >= 0.3 is 0 Å². The second-order valence-electron chi connectivity index (χ2n) is 4.52. The minimum Gasteiger partial charge on any atom is -0.496 e. The van der Waals surface area contributed by atoms with E-state index in [-0.39, 0.29) is 0 Å². The summed E-state index contributed by atoms with van der Waals surface area (Å²) in [7, 11) is 4.99. The molecule has 0 aliphatic heterocycles. The lowest BCUT2D eigenvalue weighted by Crippen LogP contribution is -1.93. The summed E-state index contributed by atoms with van der Waals surface area (Å²) in [6, 6.07) is 14.1. The third-order valence-corrected chi connectivity index (χ3v) is 3.56. The summed E-state index contributed by atoms with van der Waals surface area (Å²) in [5, 5.41) is 4.32. The van der Waals surface area contributed by atoms with Gasteiger partial charge in [0.05, 0.1) is 21.3 Å². The fraction of sp³-hybridized carbons (Fsp3) is 0.176. The Morgan fingerprint density at radius 1 is 0.650 bits per heavy atom. The zero-order chi connectivity index (χ0) is 14.1. The first kappa shape index (κ1) is 12.6. The predicted octanol–water partition coefficient (Wildman–Crippen LogP) is 4.02. The van der Waals surface area contributed by atoms with Crippen molar-refractivity contribution in [2.45, 2.75) is 0 Å². The van der Waals surface area contributed by atoms with Crippen LogP contribution in [0, 0.1) is 0 Å². The number of ether oxygens (including phenoxy) is 3. The molecule has 3 aromatic carbocycles. The molecule has 3 rings (SSSR count). The van der Waals surface area contributed by atoms with Crippen LogP contribution in [0.1, 0.15) is 0 Å². The van der Waals surface area contributed by atoms with Crippen molar-refractivity contribution in [3.05, 3.63) is 42.5 Å². The van der Waals surface area contributed by atoms with Crippen molar-refractivity contribution < 1.29 is 14.2 Å². The minimum absolute atomic E-state index is 0.732. The molecule has 3 nitrogen and oxygen atoms in total. The van der Waals surface area contributed by atoms with E-state index in [0.717, 1.165) is 38.8 Å². The Labute approximate surface area is 117 Å². The second-order valence-corrected chi connectivity index (χ2v) is 4.52. The summed E-state index contributed by atoms with van der Waals surface area (Å²) in [5.74, 6) is 2.34. The van der Waals surface area contributed by atoms with Crippen LogP contribution >= 0.6 is 0 Å². The van der Waals surface area contributed by atoms with Gasteiger partial charge in [0.1, 0.15) is 5.75 Å². The standard InChI is InChI=1S/C17H16O3/c1-18-14-6-4-5-13-12(14)9-7-11-8-10-15(19-2)17(20-3)16(11)13/h4-10H,1-3H3. The molecule has 20 heavy (non-hydrogen) atoms. The normalized spacial score (nSPS) is 10.8. The molecule has 3 aromatic rings. The smallest absolute Gasteiger partial charge is 0.169 e. The summed E-state index contributed by atoms with van der Waals surface area (Å²) < 4.78 is 16.4. The zero-order valence-electron chi connectivity index (χ0n) is 11.8. The van der Waals surface area contributed by atoms with Crippen molar-refractivity contribution in [2.75, 3.05) is 21.3 Å². The molecule has 0 saturated carbocycles. The van der Waals surface area contributed by atoms with E-state index in [0.29, 0.717) is 0 Å². The van der Waals surface area contributed by atoms with Crippen LogP contribution in [0.2, 0.25) is 0 Å². The van der Waals surface area contributed by atoms with Gasteiger partial charge in [-0.25, -0.2) is 0 Å². The second kappa shape index (κ2) is 4.93. The van der Waals surface area contributed by atoms with Gasteiger partial charge in [-0.2, -0.15) is 0 Å². The van der Waals surface area contributed by atoms with Crippen molar-refractivity contribution in [3.8, 4) is 17.2 Å². The maximum Gasteiger partial charge on any atom is 0.169 e. The molecular weight excluding hydrogens is 252 g/mol. The first-order chi connectivity index (χ1) is 9.80. The molecule has 0 aliphatic carbocycles. The van der Waals surface area contributed by atoms with E-state index in [1.54, 1.807) is 21.3 Å². The number of methoxy groups -OCH3 is 3. The summed E-state index contributed by atoms with van der Waals surface area (Å²) in [6.07, 6.45) is 0. The van der Waals surface area contributed by atoms with Crippen LogP contribution in [-0.2, 0) is 0 Å². The molecule has 0 heterocycles. The Kier molecular flexibility index (Phi) is 3.11. The van der Waals surface area contributed by atoms with E-state index in [4.69, 9.17) is 14.2 Å². The molecule has 0 amide bonds. The maximum absolute atomic E-state index is 5.57. The van der Waals surface area contributed by atoms with Crippen molar-refractivity contribution in [1.29, 1.82) is 0 Å². The number of hydrogen-bond acceptors (Lipinski definition) is 3. The minimum atomic E-state index is 0.732. The van der Waals surface area contributed by atoms with Crippen LogP contribution in [0.15, 0.2) is 42.5 Å². The van der Waals surface area contributed by atoms with Gasteiger partial charge in [-0.15, -0.1) is 0 Å². The van der Waals surface area contributed by atoms with Gasteiger partial charge in [0, 0.05) is 10.8 Å². The molecule has 0 spiro atoms. The molecule has 102 valence electrons. The first-order valence-electron chi connectivity index (χ1n) is 6.40. The molecular formula is C17H16O3. The molecule has 0 N–H and O–H groups in total. The fourth-order valence-corrected chi connectivity index (χ4v) is 2.64. The summed E-state index contributed by atoms with van der Waals surface area (Å²) >= 11 is 0. The van der Waals surface area contributed by atoms with Crippen molar-refractivity contribution in [1.82, 2.24) is 0 Å². The van der Waals surface area contributed by atoms with E-state index in [1.165, 1.54) is 0 Å². The van der Waals surface area contributed by atoms with Crippen LogP contribution in [0.3, 0.4) is 0 Å². The van der Waals surface area contributed by atoms with Crippen LogP contribution in [0.4, 0.5) is 0 Å². The van der Waals surface area contributed by atoms with Gasteiger partial charge in [0.15, 0.2) is 11.5 Å². The molecule has 0 fully saturated rings. The Morgan fingerprint density at radius 3 is 2.10 bits per heavy atom. The average Bonchev–Trinajstić information content (AvgIpc) is 2.52. The van der Waals surface area contributed by atoms with E-state index < -0.39 is 0 Å². The van der Waals surface area contributed by atoms with Gasteiger partial charge in [-0.3, -0.25) is 0 Å². The molecule has 0 unspecified atom stereocenters. The first-order valence-corrected chi connectivity index (χ1v) is 6.40. The van der Waals surface area contributed by atoms with Crippen LogP contribution in [0.25, 0.3) is 21.5 Å². The summed E-state index contributed by atoms with van der Waals surface area (Å²) in [6.45, 7) is 0. The van der Waals surface area contributed by atoms with E-state index in [2.05, 4.69) is 18.2 Å². The average molecular weight is 268 g/mol. The number of hydrogen-bond donors (Lipinski definition) is 0. The van der Waals surface area contributed by atoms with E-state index >= 15 is 0 Å². The highest BCUT2D eigenvalue weighted by atomic mass is 16.5. The molecule has 0 atom stereocenters. The van der Waals surface area contributed by atoms with Gasteiger partial charge in [0.25, 0.3) is 0 Å². The van der Waals surface area contributed by atoms with Gasteiger partial charge in [-0.1, -0.05) is 30.3 Å². The SMILES string of the molecule is COc1ccc2ccc3c(OC)cccc3c2c1OC. The van der Waals surface area contributed by atoms with Crippen molar-refractivity contribution >= 4 is 21.5 Å². The molecule has 0 aliphatic rings. The Morgan fingerprint density at radius 2 is 1.40 bits per heavy atom. The Hall–Kier alpha value is -2.42. The quantitative estimate of drug-likeness (QED) is 0.671. The Balaban J connectivity index is 2.51. The fourth-order valence-electron chi connectivity index (χ4n) is 2.64. The topological polar surface area (TPSA) is 27.7 Å². The van der Waals surface area contributed by atoms with E-state index in [1.807, 2.05) is 24.3 Å². The lowest BCUT2D eigenvalue weighted by Gasteiger charge is -2.14. The monoisotopic (exact) mass is 268 g/mol. The summed E-state index contributed by atoms with van der Waals surface area (Å²) in [4.78, 5) is 0. The van der Waals surface area contributed by atoms with Crippen LogP contribution in [-0.4, -0.2) is 21.3 Å². The van der Waals surface area contributed by atoms with Crippen LogP contribution < -0.4 is 14.2 Å². The van der Waals surface area contributed by atoms with Gasteiger partial charge < -0.3 is 14.2 Å². The largest absolute Gasteiger partial charge is 0.496 e. The third kappa shape index (κ3) is 1.74. The van der Waals surface area contributed by atoms with Crippen molar-refractivity contribution in [3.63, 3.8) is 0 Å². The van der Waals surface area contributed by atoms with E-state index in [9.17, 15) is 0 Å². The van der Waals surface area contributed by atoms with Crippen molar-refractivity contribution in [2.24, 2.45) is 0 Å². The van der Waals surface area contributed by atoms with Gasteiger partial charge in [-0.05, 0) is 22.9 Å². The molecule has 0 saturated heterocycles.